The number of hydrogen-bond acceptors (Lipinski definition) is 2. The Bertz CT molecular complexity index is 601. The number of aryl methyl sites for hydroxylation is 1. The molecule has 0 aliphatic rings. The Kier molecular flexibility index (Phi) is 3.98. The van der Waals surface area contributed by atoms with E-state index >= 15 is 0 Å². The van der Waals surface area contributed by atoms with E-state index in [-0.39, 0.29) is 5.91 Å². The summed E-state index contributed by atoms with van der Waals surface area (Å²) in [7, 11) is 0. The van der Waals surface area contributed by atoms with Crippen LogP contribution in [0.4, 0.5) is 11.4 Å². The van der Waals surface area contributed by atoms with Crippen molar-refractivity contribution in [2.45, 2.75) is 6.92 Å². The van der Waals surface area contributed by atoms with Crippen LogP contribution < -0.4 is 11.1 Å². The summed E-state index contributed by atoms with van der Waals surface area (Å²) < 4.78 is 0. The zero-order valence-corrected chi connectivity index (χ0v) is 11.7. The van der Waals surface area contributed by atoms with Gasteiger partial charge in [0.15, 0.2) is 0 Å². The van der Waals surface area contributed by atoms with Gasteiger partial charge in [0.05, 0.1) is 21.3 Å². The minimum atomic E-state index is -0.328. The second-order valence-corrected chi connectivity index (χ2v) is 4.90. The Morgan fingerprint density at radius 2 is 1.68 bits per heavy atom. The van der Waals surface area contributed by atoms with E-state index in [9.17, 15) is 4.79 Å². The van der Waals surface area contributed by atoms with Crippen LogP contribution >= 0.6 is 23.2 Å². The molecule has 5 heteroatoms. The lowest BCUT2D eigenvalue weighted by atomic mass is 10.1. The first-order valence-corrected chi connectivity index (χ1v) is 6.36. The maximum atomic E-state index is 12.3. The van der Waals surface area contributed by atoms with Gasteiger partial charge in [0.2, 0.25) is 0 Å². The number of anilines is 2. The summed E-state index contributed by atoms with van der Waals surface area (Å²) in [4.78, 5) is 12.3. The number of hydrogen-bond donors (Lipinski definition) is 2. The lowest BCUT2D eigenvalue weighted by Gasteiger charge is -2.12. The Balaban J connectivity index is 2.37. The summed E-state index contributed by atoms with van der Waals surface area (Å²) in [6, 6.07) is 10.3. The standard InChI is InChI=1S/C14H12Cl2N2O/c1-8-4-2-7-11(17)12(8)14(19)18-13-9(15)5-3-6-10(13)16/h2-7H,17H2,1H3,(H,18,19). The van der Waals surface area contributed by atoms with Gasteiger partial charge in [-0.3, -0.25) is 4.79 Å². The molecule has 19 heavy (non-hydrogen) atoms. The van der Waals surface area contributed by atoms with Crippen molar-refractivity contribution in [3.8, 4) is 0 Å². The average molecular weight is 295 g/mol. The van der Waals surface area contributed by atoms with Gasteiger partial charge in [0, 0.05) is 5.69 Å². The number of halogens is 2. The molecule has 0 bridgehead atoms. The van der Waals surface area contributed by atoms with Crippen molar-refractivity contribution in [3.63, 3.8) is 0 Å². The second-order valence-electron chi connectivity index (χ2n) is 4.09. The zero-order chi connectivity index (χ0) is 14.0. The largest absolute Gasteiger partial charge is 0.398 e. The fraction of sp³-hybridized carbons (Fsp3) is 0.0714. The molecule has 0 unspecified atom stereocenters. The number of carbonyl (C=O) groups excluding carboxylic acids is 1. The van der Waals surface area contributed by atoms with Crippen molar-refractivity contribution in [2.75, 3.05) is 11.1 Å². The van der Waals surface area contributed by atoms with E-state index in [1.54, 1.807) is 30.3 Å². The minimum absolute atomic E-state index is 0.328. The highest BCUT2D eigenvalue weighted by atomic mass is 35.5. The molecular weight excluding hydrogens is 283 g/mol. The third-order valence-electron chi connectivity index (χ3n) is 2.73. The maximum Gasteiger partial charge on any atom is 0.258 e. The van der Waals surface area contributed by atoms with E-state index in [1.165, 1.54) is 0 Å². The van der Waals surface area contributed by atoms with E-state index in [0.717, 1.165) is 5.56 Å². The number of nitrogen functional groups attached to an aromatic ring is 1. The predicted octanol–water partition coefficient (Wildman–Crippen LogP) is 4.14. The number of rotatable bonds is 2. The van der Waals surface area contributed by atoms with Crippen LogP contribution in [0.1, 0.15) is 15.9 Å². The third kappa shape index (κ3) is 2.83. The summed E-state index contributed by atoms with van der Waals surface area (Å²) in [5.74, 6) is -0.328. The van der Waals surface area contributed by atoms with E-state index in [0.29, 0.717) is 27.0 Å². The molecule has 2 aromatic carbocycles. The summed E-state index contributed by atoms with van der Waals surface area (Å²) in [6.07, 6.45) is 0. The maximum absolute atomic E-state index is 12.3. The molecule has 0 spiro atoms. The van der Waals surface area contributed by atoms with Crippen LogP contribution in [0.2, 0.25) is 10.0 Å². The first kappa shape index (κ1) is 13.7. The van der Waals surface area contributed by atoms with E-state index in [2.05, 4.69) is 5.32 Å². The van der Waals surface area contributed by atoms with Gasteiger partial charge in [0.25, 0.3) is 5.91 Å². The van der Waals surface area contributed by atoms with E-state index in [4.69, 9.17) is 28.9 Å². The number of amides is 1. The molecule has 2 aromatic rings. The fourth-order valence-electron chi connectivity index (χ4n) is 1.79. The van der Waals surface area contributed by atoms with Gasteiger partial charge in [-0.15, -0.1) is 0 Å². The Labute approximate surface area is 121 Å². The van der Waals surface area contributed by atoms with Gasteiger partial charge < -0.3 is 11.1 Å². The number of benzene rings is 2. The molecule has 98 valence electrons. The van der Waals surface area contributed by atoms with Crippen LogP contribution in [0.15, 0.2) is 36.4 Å². The molecule has 0 atom stereocenters. The van der Waals surface area contributed by atoms with Crippen LogP contribution in [0.25, 0.3) is 0 Å². The number of nitrogens with one attached hydrogen (secondary N) is 1. The molecule has 0 heterocycles. The molecule has 0 radical (unpaired) electrons. The minimum Gasteiger partial charge on any atom is -0.398 e. The Morgan fingerprint density at radius 3 is 2.26 bits per heavy atom. The highest BCUT2D eigenvalue weighted by Crippen LogP contribution is 2.30. The summed E-state index contributed by atoms with van der Waals surface area (Å²) >= 11 is 12.0. The van der Waals surface area contributed by atoms with Crippen LogP contribution in [0, 0.1) is 6.92 Å². The van der Waals surface area contributed by atoms with Crippen molar-refractivity contribution >= 4 is 40.5 Å². The first-order chi connectivity index (χ1) is 9.00. The van der Waals surface area contributed by atoms with Gasteiger partial charge in [-0.2, -0.15) is 0 Å². The van der Waals surface area contributed by atoms with Crippen LogP contribution in [0.3, 0.4) is 0 Å². The average Bonchev–Trinajstić information content (AvgIpc) is 2.34. The van der Waals surface area contributed by atoms with Crippen LogP contribution in [0.5, 0.6) is 0 Å². The monoisotopic (exact) mass is 294 g/mol. The second kappa shape index (κ2) is 5.51. The highest BCUT2D eigenvalue weighted by molar-refractivity contribution is 6.40. The van der Waals surface area contributed by atoms with Crippen LogP contribution in [-0.4, -0.2) is 5.91 Å². The highest BCUT2D eigenvalue weighted by Gasteiger charge is 2.15. The lowest BCUT2D eigenvalue weighted by molar-refractivity contribution is 0.102. The normalized spacial score (nSPS) is 10.3. The molecule has 0 saturated heterocycles. The Morgan fingerprint density at radius 1 is 1.11 bits per heavy atom. The van der Waals surface area contributed by atoms with Crippen molar-refractivity contribution in [3.05, 3.63) is 57.6 Å². The molecule has 0 fully saturated rings. The van der Waals surface area contributed by atoms with Gasteiger partial charge in [-0.25, -0.2) is 0 Å². The first-order valence-electron chi connectivity index (χ1n) is 5.61. The lowest BCUT2D eigenvalue weighted by Crippen LogP contribution is -2.16. The molecule has 0 aliphatic carbocycles. The van der Waals surface area contributed by atoms with Crippen molar-refractivity contribution in [2.24, 2.45) is 0 Å². The molecular formula is C14H12Cl2N2O. The van der Waals surface area contributed by atoms with E-state index < -0.39 is 0 Å². The summed E-state index contributed by atoms with van der Waals surface area (Å²) in [6.45, 7) is 1.82. The topological polar surface area (TPSA) is 55.1 Å². The van der Waals surface area contributed by atoms with Gasteiger partial charge in [-0.05, 0) is 30.7 Å². The number of para-hydroxylation sites is 1. The number of nitrogens with two attached hydrogens (primary N) is 1. The SMILES string of the molecule is Cc1cccc(N)c1C(=O)Nc1c(Cl)cccc1Cl. The fourth-order valence-corrected chi connectivity index (χ4v) is 2.29. The van der Waals surface area contributed by atoms with Gasteiger partial charge >= 0.3 is 0 Å². The predicted molar refractivity (Wildman–Crippen MR) is 80.0 cm³/mol. The summed E-state index contributed by atoms with van der Waals surface area (Å²) in [5, 5.41) is 3.46. The van der Waals surface area contributed by atoms with Crippen molar-refractivity contribution in [1.82, 2.24) is 0 Å². The van der Waals surface area contributed by atoms with E-state index in [1.807, 2.05) is 13.0 Å². The van der Waals surface area contributed by atoms with Gasteiger partial charge in [-0.1, -0.05) is 41.4 Å². The molecule has 0 aliphatic heterocycles. The van der Waals surface area contributed by atoms with Gasteiger partial charge in [0.1, 0.15) is 0 Å². The van der Waals surface area contributed by atoms with Crippen molar-refractivity contribution in [1.29, 1.82) is 0 Å². The molecule has 2 rings (SSSR count). The smallest absolute Gasteiger partial charge is 0.258 e. The number of carbonyl (C=O) groups is 1. The summed E-state index contributed by atoms with van der Waals surface area (Å²) in [5.41, 5.74) is 7.85. The quantitative estimate of drug-likeness (QED) is 0.818. The van der Waals surface area contributed by atoms with Crippen molar-refractivity contribution < 1.29 is 4.79 Å². The molecule has 3 nitrogen and oxygen atoms in total. The molecule has 1 amide bonds. The molecule has 3 N–H and O–H groups in total. The molecule has 0 saturated carbocycles. The Hall–Kier alpha value is -1.71. The zero-order valence-electron chi connectivity index (χ0n) is 10.2. The van der Waals surface area contributed by atoms with Crippen LogP contribution in [-0.2, 0) is 0 Å². The third-order valence-corrected chi connectivity index (χ3v) is 3.36. The molecule has 0 aromatic heterocycles.